The molecule has 0 heterocycles. The lowest BCUT2D eigenvalue weighted by molar-refractivity contribution is 0.141. The third-order valence-corrected chi connectivity index (χ3v) is 1.67. The molecule has 1 unspecified atom stereocenters. The summed E-state index contributed by atoms with van der Waals surface area (Å²) in [7, 11) is 1.65. The van der Waals surface area contributed by atoms with Crippen molar-refractivity contribution in [1.82, 2.24) is 0 Å². The Bertz CT molecular complexity index is 250. The molecule has 3 nitrogen and oxygen atoms in total. The minimum atomic E-state index is -0.0188. The van der Waals surface area contributed by atoms with Gasteiger partial charge in [-0.2, -0.15) is 0 Å². The quantitative estimate of drug-likeness (QED) is 0.530. The van der Waals surface area contributed by atoms with Gasteiger partial charge in [0, 0.05) is 7.11 Å². The van der Waals surface area contributed by atoms with Crippen molar-refractivity contribution in [1.29, 1.82) is 0 Å². The molecule has 0 aliphatic heterocycles. The van der Waals surface area contributed by atoms with Crippen LogP contribution in [0.15, 0.2) is 24.3 Å². The molecule has 0 bridgehead atoms. The largest absolute Gasteiger partial charge is 0.397 e. The molecule has 1 aromatic rings. The number of anilines is 2. The third kappa shape index (κ3) is 2.13. The van der Waals surface area contributed by atoms with Crippen LogP contribution in [-0.4, -0.2) is 13.3 Å². The molecule has 66 valence electrons. The van der Waals surface area contributed by atoms with Gasteiger partial charge in [-0.25, -0.2) is 0 Å². The van der Waals surface area contributed by atoms with E-state index in [1.54, 1.807) is 7.11 Å². The first kappa shape index (κ1) is 8.87. The molecule has 0 aliphatic carbocycles. The molecule has 0 saturated heterocycles. The van der Waals surface area contributed by atoms with Crippen molar-refractivity contribution in [2.45, 2.75) is 13.2 Å². The van der Waals surface area contributed by atoms with Gasteiger partial charge in [-0.3, -0.25) is 0 Å². The van der Waals surface area contributed by atoms with E-state index in [0.717, 1.165) is 11.4 Å². The van der Waals surface area contributed by atoms with Crippen molar-refractivity contribution in [2.24, 2.45) is 0 Å². The Balaban J connectivity index is 2.69. The van der Waals surface area contributed by atoms with Crippen LogP contribution < -0.4 is 11.1 Å². The summed E-state index contributed by atoms with van der Waals surface area (Å²) in [4.78, 5) is 0. The van der Waals surface area contributed by atoms with Crippen LogP contribution in [0.1, 0.15) is 6.92 Å². The highest BCUT2D eigenvalue weighted by molar-refractivity contribution is 5.65. The number of rotatable bonds is 3. The summed E-state index contributed by atoms with van der Waals surface area (Å²) >= 11 is 0. The molecular weight excluding hydrogens is 152 g/mol. The highest BCUT2D eigenvalue weighted by Crippen LogP contribution is 2.17. The van der Waals surface area contributed by atoms with E-state index >= 15 is 0 Å². The topological polar surface area (TPSA) is 47.3 Å². The number of benzene rings is 1. The maximum absolute atomic E-state index is 5.71. The lowest BCUT2D eigenvalue weighted by Gasteiger charge is -2.14. The second-order valence-electron chi connectivity index (χ2n) is 2.61. The highest BCUT2D eigenvalue weighted by atomic mass is 16.5. The fourth-order valence-corrected chi connectivity index (χ4v) is 0.906. The van der Waals surface area contributed by atoms with Crippen LogP contribution in [0.2, 0.25) is 0 Å². The normalized spacial score (nSPS) is 12.5. The van der Waals surface area contributed by atoms with Gasteiger partial charge < -0.3 is 15.8 Å². The van der Waals surface area contributed by atoms with Gasteiger partial charge in [0.05, 0.1) is 11.4 Å². The first-order valence-corrected chi connectivity index (χ1v) is 3.88. The van der Waals surface area contributed by atoms with Crippen LogP contribution in [0.25, 0.3) is 0 Å². The van der Waals surface area contributed by atoms with Crippen molar-refractivity contribution in [3.63, 3.8) is 0 Å². The summed E-state index contributed by atoms with van der Waals surface area (Å²) in [6.45, 7) is 1.92. The predicted octanol–water partition coefficient (Wildman–Crippen LogP) is 1.67. The zero-order valence-corrected chi connectivity index (χ0v) is 7.37. The van der Waals surface area contributed by atoms with Crippen LogP contribution in [-0.2, 0) is 4.74 Å². The first-order chi connectivity index (χ1) is 5.74. The fraction of sp³-hybridized carbons (Fsp3) is 0.333. The molecule has 1 aromatic carbocycles. The molecular formula is C9H14N2O. The lowest BCUT2D eigenvalue weighted by atomic mass is 10.2. The van der Waals surface area contributed by atoms with Crippen LogP contribution in [0.4, 0.5) is 11.4 Å². The van der Waals surface area contributed by atoms with E-state index in [9.17, 15) is 0 Å². The zero-order chi connectivity index (χ0) is 8.97. The summed E-state index contributed by atoms with van der Waals surface area (Å²) in [6, 6.07) is 7.61. The van der Waals surface area contributed by atoms with Crippen molar-refractivity contribution in [3.8, 4) is 0 Å². The van der Waals surface area contributed by atoms with E-state index in [2.05, 4.69) is 5.32 Å². The maximum Gasteiger partial charge on any atom is 0.124 e. The van der Waals surface area contributed by atoms with Gasteiger partial charge in [-0.05, 0) is 19.1 Å². The summed E-state index contributed by atoms with van der Waals surface area (Å²) in [5.74, 6) is 0. The van der Waals surface area contributed by atoms with E-state index in [-0.39, 0.29) is 6.23 Å². The number of hydrogen-bond acceptors (Lipinski definition) is 3. The monoisotopic (exact) mass is 166 g/mol. The summed E-state index contributed by atoms with van der Waals surface area (Å²) in [5.41, 5.74) is 7.35. The SMILES string of the molecule is COC(C)Nc1ccccc1N. The standard InChI is InChI=1S/C9H14N2O/c1-7(12-2)11-9-6-4-3-5-8(9)10/h3-7,11H,10H2,1-2H3. The van der Waals surface area contributed by atoms with E-state index in [1.165, 1.54) is 0 Å². The van der Waals surface area contributed by atoms with Gasteiger partial charge in [-0.1, -0.05) is 12.1 Å². The molecule has 0 saturated carbocycles. The van der Waals surface area contributed by atoms with E-state index in [0.29, 0.717) is 0 Å². The van der Waals surface area contributed by atoms with Gasteiger partial charge in [0.25, 0.3) is 0 Å². The molecule has 1 atom stereocenters. The molecule has 1 rings (SSSR count). The maximum atomic E-state index is 5.71. The Morgan fingerprint density at radius 1 is 1.42 bits per heavy atom. The summed E-state index contributed by atoms with van der Waals surface area (Å²) in [5, 5.41) is 3.11. The van der Waals surface area contributed by atoms with Crippen LogP contribution >= 0.6 is 0 Å². The molecule has 0 spiro atoms. The molecule has 3 N–H and O–H groups in total. The van der Waals surface area contributed by atoms with Crippen molar-refractivity contribution in [2.75, 3.05) is 18.2 Å². The smallest absolute Gasteiger partial charge is 0.124 e. The lowest BCUT2D eigenvalue weighted by Crippen LogP contribution is -2.17. The highest BCUT2D eigenvalue weighted by Gasteiger charge is 2.00. The Labute approximate surface area is 72.5 Å². The van der Waals surface area contributed by atoms with Gasteiger partial charge >= 0.3 is 0 Å². The van der Waals surface area contributed by atoms with Crippen molar-refractivity contribution in [3.05, 3.63) is 24.3 Å². The number of methoxy groups -OCH3 is 1. The van der Waals surface area contributed by atoms with Crippen molar-refractivity contribution < 1.29 is 4.74 Å². The fourth-order valence-electron chi connectivity index (χ4n) is 0.906. The molecule has 0 aromatic heterocycles. The molecule has 12 heavy (non-hydrogen) atoms. The summed E-state index contributed by atoms with van der Waals surface area (Å²) < 4.78 is 5.04. The number of para-hydroxylation sites is 2. The van der Waals surface area contributed by atoms with Crippen molar-refractivity contribution >= 4 is 11.4 Å². The third-order valence-electron chi connectivity index (χ3n) is 1.67. The first-order valence-electron chi connectivity index (χ1n) is 3.88. The van der Waals surface area contributed by atoms with Crippen LogP contribution in [0.3, 0.4) is 0 Å². The number of nitrogens with one attached hydrogen (secondary N) is 1. The molecule has 3 heteroatoms. The Hall–Kier alpha value is -1.22. The predicted molar refractivity (Wildman–Crippen MR) is 50.9 cm³/mol. The summed E-state index contributed by atoms with van der Waals surface area (Å²) in [6.07, 6.45) is -0.0188. The van der Waals surface area contributed by atoms with Gasteiger partial charge in [0.2, 0.25) is 0 Å². The average Bonchev–Trinajstić information content (AvgIpc) is 2.09. The van der Waals surface area contributed by atoms with E-state index in [4.69, 9.17) is 10.5 Å². The molecule has 0 amide bonds. The Kier molecular flexibility index (Phi) is 2.94. The van der Waals surface area contributed by atoms with Gasteiger partial charge in [0.15, 0.2) is 0 Å². The van der Waals surface area contributed by atoms with Crippen LogP contribution in [0, 0.1) is 0 Å². The number of hydrogen-bond donors (Lipinski definition) is 2. The second kappa shape index (κ2) is 3.97. The number of nitrogen functional groups attached to an aromatic ring is 1. The van der Waals surface area contributed by atoms with E-state index in [1.807, 2.05) is 31.2 Å². The second-order valence-corrected chi connectivity index (χ2v) is 2.61. The molecule has 0 radical (unpaired) electrons. The Morgan fingerprint density at radius 2 is 2.08 bits per heavy atom. The minimum absolute atomic E-state index is 0.0188. The molecule has 0 fully saturated rings. The minimum Gasteiger partial charge on any atom is -0.397 e. The van der Waals surface area contributed by atoms with E-state index < -0.39 is 0 Å². The molecule has 0 aliphatic rings. The Morgan fingerprint density at radius 3 is 2.67 bits per heavy atom. The number of ether oxygens (including phenoxy) is 1. The van der Waals surface area contributed by atoms with Gasteiger partial charge in [-0.15, -0.1) is 0 Å². The number of nitrogens with two attached hydrogens (primary N) is 1. The zero-order valence-electron chi connectivity index (χ0n) is 7.37. The van der Waals surface area contributed by atoms with Gasteiger partial charge in [0.1, 0.15) is 6.23 Å². The average molecular weight is 166 g/mol. The van der Waals surface area contributed by atoms with Crippen LogP contribution in [0.5, 0.6) is 0 Å².